The summed E-state index contributed by atoms with van der Waals surface area (Å²) < 4.78 is 0. The van der Waals surface area contributed by atoms with Crippen LogP contribution in [-0.4, -0.2) is 43.3 Å². The fraction of sp³-hybridized carbons (Fsp3) is 0. The van der Waals surface area contributed by atoms with E-state index in [1.165, 1.54) is 9.80 Å². The van der Waals surface area contributed by atoms with Crippen LogP contribution >= 0.6 is 49.7 Å². The molecule has 44 heavy (non-hydrogen) atoms. The third-order valence-corrected chi connectivity index (χ3v) is 8.53. The van der Waals surface area contributed by atoms with Crippen LogP contribution in [0.15, 0.2) is 140 Å². The van der Waals surface area contributed by atoms with Crippen LogP contribution in [0.1, 0.15) is 22.3 Å². The molecule has 6 nitrogen and oxygen atoms in total. The highest BCUT2D eigenvalue weighted by atomic mass is 32.1. The summed E-state index contributed by atoms with van der Waals surface area (Å²) in [5.74, 6) is -0.347. The number of aliphatic imine (C=N–C) groups is 2. The first-order valence-electron chi connectivity index (χ1n) is 13.4. The smallest absolute Gasteiger partial charge is 0.266 e. The summed E-state index contributed by atoms with van der Waals surface area (Å²) in [6, 6.07) is 33.2. The molecule has 0 spiro atoms. The van der Waals surface area contributed by atoms with Crippen LogP contribution in [0.5, 0.6) is 0 Å². The molecule has 0 saturated carbocycles. The lowest BCUT2D eigenvalue weighted by Crippen LogP contribution is -2.49. The van der Waals surface area contributed by atoms with E-state index in [9.17, 15) is 9.59 Å². The zero-order valence-corrected chi connectivity index (χ0v) is 26.3. The Morgan fingerprint density at radius 3 is 1.25 bits per heavy atom. The average molecular weight is 647 g/mol. The number of nitrogens with zero attached hydrogens (tertiary/aromatic N) is 4. The third-order valence-electron chi connectivity index (χ3n) is 6.83. The van der Waals surface area contributed by atoms with Crippen LogP contribution in [0.25, 0.3) is 12.2 Å². The zero-order chi connectivity index (χ0) is 30.8. The quantitative estimate of drug-likeness (QED) is 0.144. The minimum atomic E-state index is -0.475. The minimum Gasteiger partial charge on any atom is -0.266 e. The molecule has 2 aliphatic heterocycles. The molecule has 0 atom stereocenters. The van der Waals surface area contributed by atoms with Crippen molar-refractivity contribution < 1.29 is 9.59 Å². The lowest BCUT2D eigenvalue weighted by atomic mass is 10.1. The van der Waals surface area contributed by atoms with Crippen LogP contribution in [0.2, 0.25) is 0 Å². The first kappa shape index (κ1) is 29.6. The average Bonchev–Trinajstić information content (AvgIpc) is 3.55. The van der Waals surface area contributed by atoms with Gasteiger partial charge in [-0.1, -0.05) is 121 Å². The van der Waals surface area contributed by atoms with Crippen molar-refractivity contribution in [3.63, 3.8) is 0 Å². The van der Waals surface area contributed by atoms with Crippen molar-refractivity contribution in [2.24, 2.45) is 9.98 Å². The van der Waals surface area contributed by atoms with Crippen molar-refractivity contribution in [2.75, 3.05) is 0 Å². The van der Waals surface area contributed by atoms with E-state index >= 15 is 0 Å². The summed E-state index contributed by atoms with van der Waals surface area (Å²) in [6.07, 6.45) is 3.32. The molecule has 4 aromatic carbocycles. The van der Waals surface area contributed by atoms with Crippen molar-refractivity contribution in [2.45, 2.75) is 9.79 Å². The van der Waals surface area contributed by atoms with Gasteiger partial charge in [-0.05, 0) is 35.4 Å². The number of carbonyl (C=O) groups is 2. The fourth-order valence-corrected chi connectivity index (χ4v) is 5.65. The van der Waals surface area contributed by atoms with Crippen molar-refractivity contribution in [1.82, 2.24) is 9.80 Å². The zero-order valence-electron chi connectivity index (χ0n) is 22.9. The van der Waals surface area contributed by atoms with E-state index < -0.39 is 11.8 Å². The topological polar surface area (TPSA) is 65.3 Å². The second kappa shape index (κ2) is 12.6. The van der Waals surface area contributed by atoms with Gasteiger partial charge in [-0.2, -0.15) is 0 Å². The van der Waals surface area contributed by atoms with Gasteiger partial charge in [0.05, 0.1) is 0 Å². The number of hydrogen-bond acceptors (Lipinski definition) is 8. The Bertz CT molecular complexity index is 1820. The summed E-state index contributed by atoms with van der Waals surface area (Å²) in [5.41, 5.74) is 3.07. The molecule has 214 valence electrons. The molecule has 0 bridgehead atoms. The number of hydrogen-bond donors (Lipinski definition) is 2. The molecule has 6 rings (SSSR count). The van der Waals surface area contributed by atoms with E-state index in [1.54, 1.807) is 12.2 Å². The largest absolute Gasteiger partial charge is 0.283 e. The Morgan fingerprint density at radius 2 is 0.886 bits per heavy atom. The molecule has 0 aromatic heterocycles. The van der Waals surface area contributed by atoms with Gasteiger partial charge in [-0.15, -0.1) is 25.3 Å². The highest BCUT2D eigenvalue weighted by Gasteiger charge is 2.41. The van der Waals surface area contributed by atoms with E-state index in [0.29, 0.717) is 32.6 Å². The standard InChI is InChI=1S/C34H22N4O2S4/c39-31-25(19-23-15-7-9-17-27(23)41)35-29(21-11-3-1-4-12-21)37(31)33(43)34(44)38-30(22-13-5-2-6-14-22)36-26(32(38)40)20-24-16-8-10-18-28(24)42/h1-20,41-42H. The summed E-state index contributed by atoms with van der Waals surface area (Å²) in [6.45, 7) is 0. The van der Waals surface area contributed by atoms with Gasteiger partial charge in [-0.25, -0.2) is 19.8 Å². The Morgan fingerprint density at radius 1 is 0.545 bits per heavy atom. The summed E-state index contributed by atoms with van der Waals surface area (Å²) >= 11 is 20.8. The second-order valence-corrected chi connectivity index (χ2v) is 11.4. The molecule has 2 amide bonds. The van der Waals surface area contributed by atoms with Gasteiger partial charge in [0.15, 0.2) is 9.98 Å². The van der Waals surface area contributed by atoms with E-state index in [2.05, 4.69) is 35.2 Å². The summed E-state index contributed by atoms with van der Waals surface area (Å²) in [4.78, 5) is 41.1. The highest BCUT2D eigenvalue weighted by molar-refractivity contribution is 7.89. The lowest BCUT2D eigenvalue weighted by molar-refractivity contribution is -0.121. The van der Waals surface area contributed by atoms with E-state index in [-0.39, 0.29) is 21.4 Å². The van der Waals surface area contributed by atoms with Gasteiger partial charge >= 0.3 is 0 Å². The molecule has 4 aromatic rings. The van der Waals surface area contributed by atoms with Gasteiger partial charge in [0.25, 0.3) is 11.8 Å². The number of carbonyl (C=O) groups excluding carboxylic acids is 2. The summed E-state index contributed by atoms with van der Waals surface area (Å²) in [5, 5.41) is 0. The number of amidine groups is 2. The number of benzene rings is 4. The van der Waals surface area contributed by atoms with E-state index in [1.807, 2.05) is 109 Å². The molecule has 2 aliphatic rings. The Kier molecular flexibility index (Phi) is 8.49. The maximum atomic E-state index is 14.0. The number of thiol groups is 2. The molecular weight excluding hydrogens is 625 g/mol. The van der Waals surface area contributed by atoms with Crippen LogP contribution in [0.4, 0.5) is 0 Å². The molecule has 0 fully saturated rings. The van der Waals surface area contributed by atoms with E-state index in [0.717, 1.165) is 11.1 Å². The SMILES string of the molecule is O=C1C(=Cc2ccccc2S)N=C(c2ccccc2)N1C(=S)C(=S)N1C(=O)C(=Cc2ccccc2S)N=C1c1ccccc1. The van der Waals surface area contributed by atoms with Crippen molar-refractivity contribution >= 4 is 95.3 Å². The monoisotopic (exact) mass is 646 g/mol. The maximum absolute atomic E-state index is 14.0. The molecule has 0 aliphatic carbocycles. The molecule has 2 heterocycles. The van der Waals surface area contributed by atoms with Gasteiger partial charge in [0, 0.05) is 20.9 Å². The van der Waals surface area contributed by atoms with Crippen LogP contribution in [0.3, 0.4) is 0 Å². The molecule has 0 radical (unpaired) electrons. The van der Waals surface area contributed by atoms with Crippen molar-refractivity contribution in [1.29, 1.82) is 0 Å². The first-order chi connectivity index (χ1) is 21.3. The maximum Gasteiger partial charge on any atom is 0.283 e. The van der Waals surface area contributed by atoms with Gasteiger partial charge < -0.3 is 0 Å². The minimum absolute atomic E-state index is 0.0528. The van der Waals surface area contributed by atoms with Crippen LogP contribution in [-0.2, 0) is 9.59 Å². The van der Waals surface area contributed by atoms with Crippen LogP contribution in [0, 0.1) is 0 Å². The third kappa shape index (κ3) is 5.72. The fourth-order valence-electron chi connectivity index (χ4n) is 4.68. The molecule has 10 heteroatoms. The van der Waals surface area contributed by atoms with Gasteiger partial charge in [-0.3, -0.25) is 9.59 Å². The molecule has 0 saturated heterocycles. The highest BCUT2D eigenvalue weighted by Crippen LogP contribution is 2.29. The molecule has 0 N–H and O–H groups in total. The van der Waals surface area contributed by atoms with Crippen LogP contribution < -0.4 is 0 Å². The Balaban J connectivity index is 1.41. The first-order valence-corrected chi connectivity index (χ1v) is 15.1. The predicted molar refractivity (Wildman–Crippen MR) is 188 cm³/mol. The number of thiocarbonyl (C=S) groups is 2. The van der Waals surface area contributed by atoms with Gasteiger partial charge in [0.2, 0.25) is 0 Å². The van der Waals surface area contributed by atoms with E-state index in [4.69, 9.17) is 24.4 Å². The second-order valence-electron chi connectivity index (χ2n) is 9.67. The summed E-state index contributed by atoms with van der Waals surface area (Å²) in [7, 11) is 0. The molecule has 0 unspecified atom stereocenters. The van der Waals surface area contributed by atoms with Gasteiger partial charge in [0.1, 0.15) is 23.1 Å². The Hall–Kier alpha value is -4.48. The van der Waals surface area contributed by atoms with Crippen molar-refractivity contribution in [3.05, 3.63) is 143 Å². The number of rotatable bonds is 4. The lowest BCUT2D eigenvalue weighted by Gasteiger charge is -2.25. The Labute approximate surface area is 276 Å². The molecular formula is C34H22N4O2S4. The normalized spacial score (nSPS) is 16.5. The van der Waals surface area contributed by atoms with Crippen molar-refractivity contribution in [3.8, 4) is 0 Å². The number of amides is 2. The predicted octanol–water partition coefficient (Wildman–Crippen LogP) is 6.88.